The van der Waals surface area contributed by atoms with Gasteiger partial charge >= 0.3 is 5.97 Å². The predicted octanol–water partition coefficient (Wildman–Crippen LogP) is 0.445. The number of hydrogen-bond donors (Lipinski definition) is 2. The molecule has 0 radical (unpaired) electrons. The zero-order chi connectivity index (χ0) is 12.5. The molecule has 1 aliphatic heterocycles. The first-order valence-electron chi connectivity index (χ1n) is 6.38. The highest BCUT2D eigenvalue weighted by atomic mass is 16.5. The highest BCUT2D eigenvalue weighted by molar-refractivity contribution is 5.79. The van der Waals surface area contributed by atoms with Crippen molar-refractivity contribution in [3.8, 4) is 0 Å². The van der Waals surface area contributed by atoms with Crippen LogP contribution < -0.4 is 10.6 Å². The van der Waals surface area contributed by atoms with Crippen molar-refractivity contribution in [3.05, 3.63) is 0 Å². The van der Waals surface area contributed by atoms with E-state index in [0.29, 0.717) is 26.0 Å². The van der Waals surface area contributed by atoms with Gasteiger partial charge in [-0.2, -0.15) is 0 Å². The van der Waals surface area contributed by atoms with Gasteiger partial charge in [0.25, 0.3) is 0 Å². The molecule has 1 fully saturated rings. The molecule has 1 aliphatic rings. The predicted molar refractivity (Wildman–Crippen MR) is 64.5 cm³/mol. The van der Waals surface area contributed by atoms with Crippen LogP contribution in [-0.4, -0.2) is 38.1 Å². The van der Waals surface area contributed by atoms with E-state index in [9.17, 15) is 9.59 Å². The minimum atomic E-state index is -0.193. The Morgan fingerprint density at radius 3 is 2.94 bits per heavy atom. The van der Waals surface area contributed by atoms with Gasteiger partial charge in [-0.3, -0.25) is 9.59 Å². The maximum absolute atomic E-state index is 11.7. The molecule has 17 heavy (non-hydrogen) atoms. The Morgan fingerprint density at radius 1 is 1.47 bits per heavy atom. The highest BCUT2D eigenvalue weighted by Crippen LogP contribution is 2.09. The summed E-state index contributed by atoms with van der Waals surface area (Å²) in [6.45, 7) is 4.53. The lowest BCUT2D eigenvalue weighted by atomic mass is 9.99. The van der Waals surface area contributed by atoms with Gasteiger partial charge in [-0.15, -0.1) is 0 Å². The molecule has 1 atom stereocenters. The lowest BCUT2D eigenvalue weighted by Crippen LogP contribution is -2.40. The van der Waals surface area contributed by atoms with Gasteiger partial charge in [-0.25, -0.2) is 0 Å². The molecule has 1 heterocycles. The second-order valence-electron chi connectivity index (χ2n) is 4.24. The Balaban J connectivity index is 2.05. The molecule has 1 rings (SSSR count). The smallest absolute Gasteiger partial charge is 0.305 e. The van der Waals surface area contributed by atoms with Crippen molar-refractivity contribution >= 4 is 11.9 Å². The normalized spacial score (nSPS) is 19.7. The number of hydrogen-bond acceptors (Lipinski definition) is 4. The Bertz CT molecular complexity index is 250. The van der Waals surface area contributed by atoms with Crippen molar-refractivity contribution in [1.29, 1.82) is 0 Å². The third-order valence-electron chi connectivity index (χ3n) is 2.83. The number of carbonyl (C=O) groups is 2. The van der Waals surface area contributed by atoms with E-state index < -0.39 is 0 Å². The highest BCUT2D eigenvalue weighted by Gasteiger charge is 2.20. The largest absolute Gasteiger partial charge is 0.466 e. The van der Waals surface area contributed by atoms with Crippen LogP contribution in [0.25, 0.3) is 0 Å². The summed E-state index contributed by atoms with van der Waals surface area (Å²) in [5, 5.41) is 6.07. The molecular formula is C12H22N2O3. The third-order valence-corrected chi connectivity index (χ3v) is 2.83. The molecule has 0 aromatic carbocycles. The maximum atomic E-state index is 11.7. The molecule has 0 spiro atoms. The molecule has 1 amide bonds. The van der Waals surface area contributed by atoms with Crippen molar-refractivity contribution in [2.24, 2.45) is 5.92 Å². The molecule has 2 N–H and O–H groups in total. The lowest BCUT2D eigenvalue weighted by Gasteiger charge is -2.21. The van der Waals surface area contributed by atoms with Crippen LogP contribution in [0.5, 0.6) is 0 Å². The van der Waals surface area contributed by atoms with Gasteiger partial charge in [0.1, 0.15) is 0 Å². The van der Waals surface area contributed by atoms with E-state index in [1.54, 1.807) is 6.92 Å². The molecule has 0 aliphatic carbocycles. The van der Waals surface area contributed by atoms with E-state index in [0.717, 1.165) is 25.9 Å². The molecule has 0 aromatic rings. The molecule has 0 saturated carbocycles. The van der Waals surface area contributed by atoms with Gasteiger partial charge in [0.15, 0.2) is 0 Å². The van der Waals surface area contributed by atoms with E-state index in [1.165, 1.54) is 0 Å². The Kier molecular flexibility index (Phi) is 6.62. The molecule has 5 nitrogen and oxygen atoms in total. The van der Waals surface area contributed by atoms with Crippen molar-refractivity contribution in [2.75, 3.05) is 26.2 Å². The zero-order valence-corrected chi connectivity index (χ0v) is 10.5. The average molecular weight is 242 g/mol. The average Bonchev–Trinajstić information content (AvgIpc) is 2.36. The summed E-state index contributed by atoms with van der Waals surface area (Å²) in [7, 11) is 0. The molecule has 0 unspecified atom stereocenters. The fraction of sp³-hybridized carbons (Fsp3) is 0.833. The first-order chi connectivity index (χ1) is 8.24. The zero-order valence-electron chi connectivity index (χ0n) is 10.5. The van der Waals surface area contributed by atoms with Crippen LogP contribution in [0.4, 0.5) is 0 Å². The standard InChI is InChI=1S/C12H22N2O3/c1-2-17-11(15)6-4-8-14-12(16)10-5-3-7-13-9-10/h10,13H,2-9H2,1H3,(H,14,16)/t10-/m0/s1. The minimum Gasteiger partial charge on any atom is -0.466 e. The number of piperidine rings is 1. The summed E-state index contributed by atoms with van der Waals surface area (Å²) in [5.41, 5.74) is 0. The first kappa shape index (κ1) is 14.0. The van der Waals surface area contributed by atoms with E-state index in [-0.39, 0.29) is 17.8 Å². The van der Waals surface area contributed by atoms with E-state index in [1.807, 2.05) is 0 Å². The van der Waals surface area contributed by atoms with Crippen LogP contribution in [-0.2, 0) is 14.3 Å². The number of ether oxygens (including phenoxy) is 1. The summed E-state index contributed by atoms with van der Waals surface area (Å²) in [6, 6.07) is 0. The minimum absolute atomic E-state index is 0.0892. The maximum Gasteiger partial charge on any atom is 0.305 e. The summed E-state index contributed by atoms with van der Waals surface area (Å²) in [5.74, 6) is -0.00603. The van der Waals surface area contributed by atoms with Gasteiger partial charge in [0, 0.05) is 19.5 Å². The molecule has 0 aromatic heterocycles. The summed E-state index contributed by atoms with van der Waals surface area (Å²) in [6.07, 6.45) is 3.03. The van der Waals surface area contributed by atoms with Crippen molar-refractivity contribution in [1.82, 2.24) is 10.6 Å². The first-order valence-corrected chi connectivity index (χ1v) is 6.38. The Morgan fingerprint density at radius 2 is 2.29 bits per heavy atom. The van der Waals surface area contributed by atoms with Gasteiger partial charge < -0.3 is 15.4 Å². The van der Waals surface area contributed by atoms with Crippen LogP contribution in [0.1, 0.15) is 32.6 Å². The van der Waals surface area contributed by atoms with Crippen molar-refractivity contribution in [2.45, 2.75) is 32.6 Å². The number of amides is 1. The quantitative estimate of drug-likeness (QED) is 0.524. The Labute approximate surface area is 102 Å². The third kappa shape index (κ3) is 5.68. The van der Waals surface area contributed by atoms with E-state index in [2.05, 4.69) is 10.6 Å². The van der Waals surface area contributed by atoms with Gasteiger partial charge in [-0.1, -0.05) is 0 Å². The van der Waals surface area contributed by atoms with Gasteiger partial charge in [0.2, 0.25) is 5.91 Å². The second kappa shape index (κ2) is 8.06. The van der Waals surface area contributed by atoms with E-state index in [4.69, 9.17) is 4.74 Å². The summed E-state index contributed by atoms with van der Waals surface area (Å²) in [4.78, 5) is 22.7. The number of esters is 1. The number of rotatable bonds is 6. The lowest BCUT2D eigenvalue weighted by molar-refractivity contribution is -0.143. The molecule has 1 saturated heterocycles. The van der Waals surface area contributed by atoms with E-state index >= 15 is 0 Å². The molecular weight excluding hydrogens is 220 g/mol. The fourth-order valence-corrected chi connectivity index (χ4v) is 1.90. The fourth-order valence-electron chi connectivity index (χ4n) is 1.90. The molecule has 5 heteroatoms. The molecule has 0 bridgehead atoms. The van der Waals surface area contributed by atoms with Crippen LogP contribution in [0.2, 0.25) is 0 Å². The number of carbonyl (C=O) groups excluding carboxylic acids is 2. The van der Waals surface area contributed by atoms with Gasteiger partial charge in [0.05, 0.1) is 12.5 Å². The topological polar surface area (TPSA) is 67.4 Å². The summed E-state index contributed by atoms with van der Waals surface area (Å²) < 4.78 is 4.80. The van der Waals surface area contributed by atoms with Crippen LogP contribution in [0.15, 0.2) is 0 Å². The second-order valence-corrected chi connectivity index (χ2v) is 4.24. The van der Waals surface area contributed by atoms with Crippen LogP contribution in [0, 0.1) is 5.92 Å². The number of nitrogens with one attached hydrogen (secondary N) is 2. The SMILES string of the molecule is CCOC(=O)CCCNC(=O)[C@H]1CCCNC1. The summed E-state index contributed by atoms with van der Waals surface area (Å²) >= 11 is 0. The monoisotopic (exact) mass is 242 g/mol. The van der Waals surface area contributed by atoms with Crippen LogP contribution >= 0.6 is 0 Å². The van der Waals surface area contributed by atoms with Crippen LogP contribution in [0.3, 0.4) is 0 Å². The van der Waals surface area contributed by atoms with Gasteiger partial charge in [-0.05, 0) is 32.7 Å². The Hall–Kier alpha value is -1.10. The van der Waals surface area contributed by atoms with Crippen molar-refractivity contribution in [3.63, 3.8) is 0 Å². The molecule has 98 valence electrons. The van der Waals surface area contributed by atoms with Crippen molar-refractivity contribution < 1.29 is 14.3 Å².